The minimum Gasteiger partial charge on any atom is -0.390 e. The van der Waals surface area contributed by atoms with Crippen LogP contribution in [0.5, 0.6) is 0 Å². The maximum absolute atomic E-state index is 12.6. The number of nitro groups is 1. The Bertz CT molecular complexity index is 596. The number of amides is 1. The number of carbonyl (C=O) groups is 1. The molecular formula is C13H18F3N5O3. The number of rotatable bonds is 5. The lowest BCUT2D eigenvalue weighted by molar-refractivity contribution is -0.396. The van der Waals surface area contributed by atoms with Crippen molar-refractivity contribution < 1.29 is 22.9 Å². The van der Waals surface area contributed by atoms with E-state index in [0.717, 1.165) is 0 Å². The Morgan fingerprint density at radius 3 is 2.62 bits per heavy atom. The minimum absolute atomic E-state index is 0.0158. The maximum atomic E-state index is 12.6. The third-order valence-corrected chi connectivity index (χ3v) is 4.12. The van der Waals surface area contributed by atoms with Crippen LogP contribution in [-0.2, 0) is 11.3 Å². The van der Waals surface area contributed by atoms with E-state index in [0.29, 0.717) is 0 Å². The van der Waals surface area contributed by atoms with E-state index in [4.69, 9.17) is 5.73 Å². The van der Waals surface area contributed by atoms with Gasteiger partial charge in [-0.25, -0.2) is 4.57 Å². The molecule has 0 aliphatic carbocycles. The summed E-state index contributed by atoms with van der Waals surface area (Å²) in [5.41, 5.74) is 5.79. The van der Waals surface area contributed by atoms with E-state index >= 15 is 0 Å². The van der Waals surface area contributed by atoms with Crippen molar-refractivity contribution in [3.8, 4) is 0 Å². The van der Waals surface area contributed by atoms with E-state index in [1.807, 2.05) is 0 Å². The summed E-state index contributed by atoms with van der Waals surface area (Å²) < 4.78 is 39.1. The number of imidazole rings is 1. The monoisotopic (exact) mass is 349 g/mol. The van der Waals surface area contributed by atoms with E-state index in [-0.39, 0.29) is 44.8 Å². The Kier molecular flexibility index (Phi) is 5.42. The molecule has 1 aromatic rings. The van der Waals surface area contributed by atoms with Crippen molar-refractivity contribution in [3.63, 3.8) is 0 Å². The summed E-state index contributed by atoms with van der Waals surface area (Å²) in [6.07, 6.45) is -1.69. The summed E-state index contributed by atoms with van der Waals surface area (Å²) >= 11 is 0. The molecule has 1 fully saturated rings. The topological polar surface area (TPSA) is 107 Å². The molecule has 1 amide bonds. The third-order valence-electron chi connectivity index (χ3n) is 4.12. The Hall–Kier alpha value is -2.17. The minimum atomic E-state index is -4.24. The molecule has 24 heavy (non-hydrogen) atoms. The quantitative estimate of drug-likeness (QED) is 0.637. The van der Waals surface area contributed by atoms with Gasteiger partial charge in [0.15, 0.2) is 0 Å². The van der Waals surface area contributed by atoms with Gasteiger partial charge in [-0.05, 0) is 17.8 Å². The van der Waals surface area contributed by atoms with Crippen LogP contribution < -0.4 is 5.73 Å². The summed E-state index contributed by atoms with van der Waals surface area (Å²) in [7, 11) is 0. The first kappa shape index (κ1) is 18.2. The molecule has 1 aliphatic heterocycles. The van der Waals surface area contributed by atoms with Gasteiger partial charge in [-0.2, -0.15) is 13.2 Å². The number of nitrogens with two attached hydrogens (primary N) is 1. The van der Waals surface area contributed by atoms with Crippen LogP contribution in [0.2, 0.25) is 0 Å². The molecule has 1 aliphatic rings. The molecule has 0 radical (unpaired) electrons. The lowest BCUT2D eigenvalue weighted by atomic mass is 9.95. The number of aromatic nitrogens is 2. The molecule has 0 saturated carbocycles. The Labute approximate surface area is 135 Å². The number of carbonyl (C=O) groups excluding carboxylic acids is 1. The largest absolute Gasteiger partial charge is 0.434 e. The zero-order valence-electron chi connectivity index (χ0n) is 12.8. The van der Waals surface area contributed by atoms with Crippen LogP contribution in [0.3, 0.4) is 0 Å². The summed E-state index contributed by atoms with van der Waals surface area (Å²) in [5, 5.41) is 10.7. The Morgan fingerprint density at radius 1 is 1.46 bits per heavy atom. The lowest BCUT2D eigenvalue weighted by Gasteiger charge is -2.34. The highest BCUT2D eigenvalue weighted by Gasteiger charge is 2.42. The summed E-state index contributed by atoms with van der Waals surface area (Å²) in [5.74, 6) is -2.16. The van der Waals surface area contributed by atoms with Crippen molar-refractivity contribution in [3.05, 3.63) is 22.5 Å². The Morgan fingerprint density at radius 2 is 2.08 bits per heavy atom. The second-order valence-electron chi connectivity index (χ2n) is 5.71. The molecule has 2 heterocycles. The molecule has 0 bridgehead atoms. The number of alkyl halides is 3. The predicted molar refractivity (Wildman–Crippen MR) is 76.8 cm³/mol. The smallest absolute Gasteiger partial charge is 0.390 e. The average Bonchev–Trinajstić information content (AvgIpc) is 3.00. The molecule has 1 saturated heterocycles. The van der Waals surface area contributed by atoms with Crippen molar-refractivity contribution in [2.75, 3.05) is 13.1 Å². The molecule has 1 unspecified atom stereocenters. The van der Waals surface area contributed by atoms with E-state index in [2.05, 4.69) is 4.98 Å². The molecule has 11 heteroatoms. The number of aryl methyl sites for hydroxylation is 1. The number of likely N-dealkylation sites (tertiary alicyclic amines) is 1. The second kappa shape index (κ2) is 7.16. The van der Waals surface area contributed by atoms with Crippen molar-refractivity contribution in [1.82, 2.24) is 14.5 Å². The van der Waals surface area contributed by atoms with Crippen molar-refractivity contribution in [2.45, 2.75) is 38.0 Å². The van der Waals surface area contributed by atoms with Crippen LogP contribution in [0.15, 0.2) is 12.4 Å². The van der Waals surface area contributed by atoms with E-state index < -0.39 is 29.0 Å². The molecule has 1 aromatic heterocycles. The van der Waals surface area contributed by atoms with Crippen LogP contribution >= 0.6 is 0 Å². The summed E-state index contributed by atoms with van der Waals surface area (Å²) in [6.45, 7) is 0.159. The zero-order valence-corrected chi connectivity index (χ0v) is 12.8. The van der Waals surface area contributed by atoms with Crippen molar-refractivity contribution in [2.24, 2.45) is 11.7 Å². The summed E-state index contributed by atoms with van der Waals surface area (Å²) in [6, 6.07) is -0.922. The fraction of sp³-hybridized carbons (Fsp3) is 0.692. The SMILES string of the molecule is NC(CCn1ccnc1[N+](=O)[O-])C(=O)N1CCC(C(F)(F)F)CC1. The molecule has 1 atom stereocenters. The zero-order chi connectivity index (χ0) is 17.9. The van der Waals surface area contributed by atoms with Gasteiger partial charge >= 0.3 is 12.1 Å². The standard InChI is InChI=1S/C13H18F3N5O3/c14-13(15,16)9-1-5-19(6-2-9)11(22)10(17)3-7-20-8-4-18-12(20)21(23)24/h4,8-10H,1-3,5-7,17H2. The third kappa shape index (κ3) is 4.22. The van der Waals surface area contributed by atoms with Gasteiger partial charge in [-0.1, -0.05) is 4.98 Å². The second-order valence-corrected chi connectivity index (χ2v) is 5.71. The van der Waals surface area contributed by atoms with E-state index in [1.54, 1.807) is 0 Å². The predicted octanol–water partition coefficient (Wildman–Crippen LogP) is 1.31. The molecule has 2 N–H and O–H groups in total. The van der Waals surface area contributed by atoms with Crippen LogP contribution in [-0.4, -0.2) is 50.6 Å². The first-order valence-corrected chi connectivity index (χ1v) is 7.46. The number of hydrogen-bond acceptors (Lipinski definition) is 5. The number of piperidine rings is 1. The lowest BCUT2D eigenvalue weighted by Crippen LogP contribution is -2.48. The first-order valence-electron chi connectivity index (χ1n) is 7.46. The highest BCUT2D eigenvalue weighted by atomic mass is 19.4. The van der Waals surface area contributed by atoms with Gasteiger partial charge in [-0.3, -0.25) is 4.79 Å². The van der Waals surface area contributed by atoms with E-state index in [1.165, 1.54) is 21.9 Å². The van der Waals surface area contributed by atoms with Gasteiger partial charge in [-0.15, -0.1) is 0 Å². The van der Waals surface area contributed by atoms with Gasteiger partial charge in [0.2, 0.25) is 5.91 Å². The number of hydrogen-bond donors (Lipinski definition) is 1. The van der Waals surface area contributed by atoms with Crippen molar-refractivity contribution in [1.29, 1.82) is 0 Å². The summed E-state index contributed by atoms with van der Waals surface area (Å²) in [4.78, 5) is 27.2. The molecule has 2 rings (SSSR count). The van der Waals surface area contributed by atoms with Crippen LogP contribution in [0.25, 0.3) is 0 Å². The van der Waals surface area contributed by atoms with Crippen LogP contribution in [0.1, 0.15) is 19.3 Å². The van der Waals surface area contributed by atoms with Crippen molar-refractivity contribution >= 4 is 11.9 Å². The molecule has 8 nitrogen and oxygen atoms in total. The number of nitrogens with zero attached hydrogens (tertiary/aromatic N) is 4. The van der Waals surface area contributed by atoms with Crippen LogP contribution in [0.4, 0.5) is 19.1 Å². The number of halogens is 3. The normalized spacial score (nSPS) is 17.8. The van der Waals surface area contributed by atoms with Gasteiger partial charge in [0.1, 0.15) is 12.4 Å². The molecular weight excluding hydrogens is 331 g/mol. The maximum Gasteiger partial charge on any atom is 0.434 e. The van der Waals surface area contributed by atoms with Crippen LogP contribution in [0, 0.1) is 16.0 Å². The van der Waals surface area contributed by atoms with Gasteiger partial charge in [0, 0.05) is 19.5 Å². The first-order chi connectivity index (χ1) is 11.2. The molecule has 0 aromatic carbocycles. The highest BCUT2D eigenvalue weighted by Crippen LogP contribution is 2.34. The Balaban J connectivity index is 1.85. The highest BCUT2D eigenvalue weighted by molar-refractivity contribution is 5.81. The van der Waals surface area contributed by atoms with Gasteiger partial charge in [0.25, 0.3) is 0 Å². The molecule has 134 valence electrons. The average molecular weight is 349 g/mol. The fourth-order valence-corrected chi connectivity index (χ4v) is 2.71. The molecule has 0 spiro atoms. The van der Waals surface area contributed by atoms with E-state index in [9.17, 15) is 28.1 Å². The fourth-order valence-electron chi connectivity index (χ4n) is 2.71. The van der Waals surface area contributed by atoms with Gasteiger partial charge in [0.05, 0.1) is 18.5 Å². The van der Waals surface area contributed by atoms with Gasteiger partial charge < -0.3 is 20.7 Å².